The zero-order chi connectivity index (χ0) is 22.6. The van der Waals surface area contributed by atoms with Crippen LogP contribution in [-0.4, -0.2) is 49.7 Å². The summed E-state index contributed by atoms with van der Waals surface area (Å²) in [4.78, 5) is 22.8. The van der Waals surface area contributed by atoms with Gasteiger partial charge >= 0.3 is 6.18 Å². The van der Waals surface area contributed by atoms with Crippen molar-refractivity contribution in [3.63, 3.8) is 0 Å². The average molecular weight is 433 g/mol. The first-order chi connectivity index (χ1) is 14.7. The Bertz CT molecular complexity index is 1020. The third kappa shape index (κ3) is 5.19. The molecule has 0 aromatic carbocycles. The van der Waals surface area contributed by atoms with Gasteiger partial charge in [-0.15, -0.1) is 0 Å². The van der Waals surface area contributed by atoms with Gasteiger partial charge in [-0.05, 0) is 44.5 Å². The van der Waals surface area contributed by atoms with Gasteiger partial charge in [0.25, 0.3) is 5.91 Å². The van der Waals surface area contributed by atoms with E-state index in [9.17, 15) is 18.0 Å². The van der Waals surface area contributed by atoms with E-state index in [-0.39, 0.29) is 30.1 Å². The van der Waals surface area contributed by atoms with Crippen molar-refractivity contribution in [3.8, 4) is 11.6 Å². The molecule has 0 fully saturated rings. The Labute approximate surface area is 177 Å². The summed E-state index contributed by atoms with van der Waals surface area (Å²) >= 11 is 0. The van der Waals surface area contributed by atoms with E-state index in [0.717, 1.165) is 23.9 Å². The molecule has 0 spiro atoms. The molecule has 164 valence electrons. The normalized spacial score (nSPS) is 12.5. The molecule has 7 nitrogen and oxygen atoms in total. The van der Waals surface area contributed by atoms with Gasteiger partial charge < -0.3 is 9.64 Å². The van der Waals surface area contributed by atoms with Gasteiger partial charge in [0.1, 0.15) is 6.61 Å². The summed E-state index contributed by atoms with van der Waals surface area (Å²) in [5.74, 6) is -0.251. The maximum atomic E-state index is 13.2. The van der Waals surface area contributed by atoms with Crippen LogP contribution in [0, 0.1) is 6.92 Å². The zero-order valence-electron chi connectivity index (χ0n) is 17.3. The third-order valence-electron chi connectivity index (χ3n) is 4.63. The fraction of sp³-hybridized carbons (Fsp3) is 0.333. The second-order valence-corrected chi connectivity index (χ2v) is 6.97. The summed E-state index contributed by atoms with van der Waals surface area (Å²) in [6, 6.07) is 5.26. The van der Waals surface area contributed by atoms with Crippen LogP contribution in [0.2, 0.25) is 0 Å². The summed E-state index contributed by atoms with van der Waals surface area (Å²) < 4.78 is 45.1. The largest absolute Gasteiger partial charge is 0.475 e. The van der Waals surface area contributed by atoms with Crippen molar-refractivity contribution in [2.75, 3.05) is 13.2 Å². The molecule has 0 radical (unpaired) electrons. The molecule has 31 heavy (non-hydrogen) atoms. The molecule has 1 atom stereocenters. The molecule has 0 saturated heterocycles. The Morgan fingerprint density at radius 2 is 2.03 bits per heavy atom. The highest BCUT2D eigenvalue weighted by molar-refractivity contribution is 5.96. The predicted molar refractivity (Wildman–Crippen MR) is 107 cm³/mol. The number of nitrogens with zero attached hydrogens (tertiary/aromatic N) is 5. The summed E-state index contributed by atoms with van der Waals surface area (Å²) in [5.41, 5.74) is 0.839. The predicted octanol–water partition coefficient (Wildman–Crippen LogP) is 3.92. The molecule has 3 rings (SSSR count). The van der Waals surface area contributed by atoms with Gasteiger partial charge in [0.15, 0.2) is 5.69 Å². The Kier molecular flexibility index (Phi) is 6.57. The number of carbonyl (C=O) groups is 1. The molecule has 0 bridgehead atoms. The highest BCUT2D eigenvalue weighted by Crippen LogP contribution is 2.29. The SMILES string of the molecule is CCN(C(=O)c1ncc(C)cc1-n1cccn1)[C@@H](C)COc1ccc(C(F)(F)F)cn1. The smallest absolute Gasteiger partial charge is 0.417 e. The lowest BCUT2D eigenvalue weighted by molar-refractivity contribution is -0.137. The number of hydrogen-bond acceptors (Lipinski definition) is 5. The van der Waals surface area contributed by atoms with Crippen molar-refractivity contribution in [1.29, 1.82) is 0 Å². The highest BCUT2D eigenvalue weighted by Gasteiger charge is 2.31. The molecule has 3 aromatic heterocycles. The second-order valence-electron chi connectivity index (χ2n) is 6.97. The van der Waals surface area contributed by atoms with Gasteiger partial charge in [0.05, 0.1) is 17.3 Å². The first kappa shape index (κ1) is 22.3. The van der Waals surface area contributed by atoms with Gasteiger partial charge in [-0.1, -0.05) is 0 Å². The number of carbonyl (C=O) groups excluding carboxylic acids is 1. The molecule has 3 aromatic rings. The van der Waals surface area contributed by atoms with Crippen LogP contribution < -0.4 is 4.74 Å². The Hall–Kier alpha value is -3.43. The minimum Gasteiger partial charge on any atom is -0.475 e. The number of pyridine rings is 2. The summed E-state index contributed by atoms with van der Waals surface area (Å²) in [6.07, 6.45) is 1.21. The molecule has 1 amide bonds. The number of aryl methyl sites for hydroxylation is 1. The number of ether oxygens (including phenoxy) is 1. The first-order valence-corrected chi connectivity index (χ1v) is 9.64. The maximum absolute atomic E-state index is 13.2. The van der Waals surface area contributed by atoms with E-state index in [4.69, 9.17) is 4.74 Å². The van der Waals surface area contributed by atoms with Gasteiger partial charge in [-0.2, -0.15) is 18.3 Å². The van der Waals surface area contributed by atoms with Crippen molar-refractivity contribution < 1.29 is 22.7 Å². The Balaban J connectivity index is 1.74. The summed E-state index contributed by atoms with van der Waals surface area (Å²) in [5, 5.41) is 4.19. The fourth-order valence-corrected chi connectivity index (χ4v) is 3.03. The minimum atomic E-state index is -4.46. The lowest BCUT2D eigenvalue weighted by Gasteiger charge is -2.28. The van der Waals surface area contributed by atoms with Gasteiger partial charge in [0.2, 0.25) is 5.88 Å². The van der Waals surface area contributed by atoms with Crippen LogP contribution in [0.3, 0.4) is 0 Å². The molecule has 0 aliphatic heterocycles. The number of hydrogen-bond donors (Lipinski definition) is 0. The minimum absolute atomic E-state index is 0.0500. The van der Waals surface area contributed by atoms with E-state index in [0.29, 0.717) is 12.2 Å². The molecule has 0 unspecified atom stereocenters. The van der Waals surface area contributed by atoms with Gasteiger partial charge in [-0.3, -0.25) is 4.79 Å². The van der Waals surface area contributed by atoms with Crippen LogP contribution in [0.1, 0.15) is 35.5 Å². The van der Waals surface area contributed by atoms with Crippen LogP contribution in [0.5, 0.6) is 5.88 Å². The second kappa shape index (κ2) is 9.15. The Morgan fingerprint density at radius 1 is 1.26 bits per heavy atom. The van der Waals surface area contributed by atoms with E-state index in [1.165, 1.54) is 0 Å². The molecule has 10 heteroatoms. The zero-order valence-corrected chi connectivity index (χ0v) is 17.3. The average Bonchev–Trinajstić information content (AvgIpc) is 3.27. The molecular formula is C21H22F3N5O2. The first-order valence-electron chi connectivity index (χ1n) is 9.64. The lowest BCUT2D eigenvalue weighted by Crippen LogP contribution is -2.42. The van der Waals surface area contributed by atoms with Crippen molar-refractivity contribution in [2.24, 2.45) is 0 Å². The van der Waals surface area contributed by atoms with Crippen LogP contribution >= 0.6 is 0 Å². The van der Waals surface area contributed by atoms with Crippen LogP contribution in [0.25, 0.3) is 5.69 Å². The van der Waals surface area contributed by atoms with Crippen molar-refractivity contribution in [2.45, 2.75) is 33.0 Å². The topological polar surface area (TPSA) is 73.1 Å². The number of likely N-dealkylation sites (N-methyl/N-ethyl adjacent to an activating group) is 1. The monoisotopic (exact) mass is 433 g/mol. The van der Waals surface area contributed by atoms with Crippen LogP contribution in [0.4, 0.5) is 13.2 Å². The van der Waals surface area contributed by atoms with E-state index >= 15 is 0 Å². The highest BCUT2D eigenvalue weighted by atomic mass is 19.4. The lowest BCUT2D eigenvalue weighted by atomic mass is 10.2. The molecular weight excluding hydrogens is 411 g/mol. The molecule has 0 aliphatic rings. The van der Waals surface area contributed by atoms with Gasteiger partial charge in [0, 0.05) is 37.4 Å². The number of alkyl halides is 3. The quantitative estimate of drug-likeness (QED) is 0.565. The van der Waals surface area contributed by atoms with E-state index in [1.54, 1.807) is 41.2 Å². The van der Waals surface area contributed by atoms with Crippen LogP contribution in [-0.2, 0) is 6.18 Å². The standard InChI is InChI=1S/C21H22F3N5O2/c1-4-28(15(3)13-31-18-7-6-16(12-25-18)21(22,23)24)20(30)19-17(10-14(2)11-26-19)29-9-5-8-27-29/h5-12,15H,4,13H2,1-3H3/t15-/m0/s1. The van der Waals surface area contributed by atoms with Crippen molar-refractivity contribution >= 4 is 5.91 Å². The molecule has 0 saturated carbocycles. The number of halogens is 3. The van der Waals surface area contributed by atoms with Crippen molar-refractivity contribution in [3.05, 3.63) is 65.9 Å². The molecule has 0 aliphatic carbocycles. The van der Waals surface area contributed by atoms with Crippen LogP contribution in [0.15, 0.2) is 49.1 Å². The van der Waals surface area contributed by atoms with Crippen molar-refractivity contribution in [1.82, 2.24) is 24.6 Å². The third-order valence-corrected chi connectivity index (χ3v) is 4.63. The maximum Gasteiger partial charge on any atom is 0.417 e. The fourth-order valence-electron chi connectivity index (χ4n) is 3.03. The van der Waals surface area contributed by atoms with Gasteiger partial charge in [-0.25, -0.2) is 14.6 Å². The molecule has 0 N–H and O–H groups in total. The van der Waals surface area contributed by atoms with E-state index in [1.807, 2.05) is 19.9 Å². The number of aromatic nitrogens is 4. The summed E-state index contributed by atoms with van der Waals surface area (Å²) in [7, 11) is 0. The van der Waals surface area contributed by atoms with E-state index in [2.05, 4.69) is 15.1 Å². The number of amides is 1. The number of rotatable bonds is 7. The summed E-state index contributed by atoms with van der Waals surface area (Å²) in [6.45, 7) is 5.93. The van der Waals surface area contributed by atoms with E-state index < -0.39 is 11.7 Å². The molecule has 3 heterocycles. The Morgan fingerprint density at radius 3 is 2.61 bits per heavy atom.